The normalized spacial score (nSPS) is 11.9. The van der Waals surface area contributed by atoms with E-state index in [0.717, 1.165) is 18.2 Å². The Balaban J connectivity index is 2.69. The van der Waals surface area contributed by atoms with E-state index < -0.39 is 17.8 Å². The zero-order chi connectivity index (χ0) is 12.8. The third-order valence-electron chi connectivity index (χ3n) is 2.32. The molecule has 4 nitrogen and oxygen atoms in total. The van der Waals surface area contributed by atoms with E-state index in [2.05, 4.69) is 4.98 Å². The summed E-state index contributed by atoms with van der Waals surface area (Å²) >= 11 is 0. The van der Waals surface area contributed by atoms with E-state index in [0.29, 0.717) is 0 Å². The maximum atomic E-state index is 12.4. The van der Waals surface area contributed by atoms with E-state index in [1.54, 1.807) is 0 Å². The van der Waals surface area contributed by atoms with Crippen LogP contribution in [0.2, 0.25) is 0 Å². The molecule has 90 valence electrons. The second-order valence-corrected chi connectivity index (χ2v) is 3.51. The summed E-state index contributed by atoms with van der Waals surface area (Å²) < 4.78 is 37.3. The largest absolute Gasteiger partial charge is 0.478 e. The Kier molecular flexibility index (Phi) is 2.27. The fourth-order valence-electron chi connectivity index (χ4n) is 1.54. The van der Waals surface area contributed by atoms with E-state index in [-0.39, 0.29) is 22.2 Å². The van der Waals surface area contributed by atoms with E-state index in [4.69, 9.17) is 10.8 Å². The summed E-state index contributed by atoms with van der Waals surface area (Å²) in [6.07, 6.45) is -4.52. The van der Waals surface area contributed by atoms with Crippen LogP contribution < -0.4 is 5.73 Å². The van der Waals surface area contributed by atoms with E-state index >= 15 is 0 Å². The second kappa shape index (κ2) is 3.41. The lowest BCUT2D eigenvalue weighted by atomic mass is 10.1. The van der Waals surface area contributed by atoms with Gasteiger partial charge in [-0.3, -0.25) is 0 Å². The van der Waals surface area contributed by atoms with E-state index in [1.165, 1.54) is 0 Å². The van der Waals surface area contributed by atoms with Crippen molar-refractivity contribution < 1.29 is 23.1 Å². The highest BCUT2D eigenvalue weighted by Gasteiger charge is 2.32. The molecule has 0 radical (unpaired) electrons. The lowest BCUT2D eigenvalue weighted by Crippen LogP contribution is -2.04. The summed E-state index contributed by atoms with van der Waals surface area (Å²) in [5, 5.41) is 8.90. The number of nitrogens with one attached hydrogen (secondary N) is 1. The van der Waals surface area contributed by atoms with Gasteiger partial charge in [-0.1, -0.05) is 0 Å². The van der Waals surface area contributed by atoms with Crippen molar-refractivity contribution >= 4 is 22.6 Å². The van der Waals surface area contributed by atoms with Crippen LogP contribution in [0.4, 0.5) is 18.9 Å². The van der Waals surface area contributed by atoms with Gasteiger partial charge in [-0.05, 0) is 18.2 Å². The number of nitrogen functional groups attached to an aromatic ring is 1. The number of rotatable bonds is 1. The van der Waals surface area contributed by atoms with Crippen molar-refractivity contribution in [3.8, 4) is 0 Å². The average Bonchev–Trinajstić information content (AvgIpc) is 2.60. The van der Waals surface area contributed by atoms with E-state index in [1.807, 2.05) is 0 Å². The van der Waals surface area contributed by atoms with Crippen molar-refractivity contribution in [2.75, 3.05) is 5.73 Å². The van der Waals surface area contributed by atoms with Crippen LogP contribution in [0.1, 0.15) is 16.1 Å². The summed E-state index contributed by atoms with van der Waals surface area (Å²) in [5.74, 6) is -1.25. The number of H-pyrrole nitrogens is 1. The second-order valence-electron chi connectivity index (χ2n) is 3.51. The molecule has 17 heavy (non-hydrogen) atoms. The van der Waals surface area contributed by atoms with Gasteiger partial charge >= 0.3 is 12.1 Å². The Labute approximate surface area is 92.8 Å². The molecule has 0 aliphatic rings. The molecule has 1 heterocycles. The Hall–Kier alpha value is -2.18. The monoisotopic (exact) mass is 244 g/mol. The first-order valence-electron chi connectivity index (χ1n) is 4.52. The summed E-state index contributed by atoms with van der Waals surface area (Å²) in [4.78, 5) is 12.8. The number of aromatic nitrogens is 1. The number of hydrogen-bond acceptors (Lipinski definition) is 2. The number of aromatic carboxylic acids is 1. The lowest BCUT2D eigenvalue weighted by Gasteiger charge is -2.00. The van der Waals surface area contributed by atoms with Gasteiger partial charge in [-0.25, -0.2) is 4.79 Å². The first-order valence-corrected chi connectivity index (χ1v) is 4.52. The molecule has 4 N–H and O–H groups in total. The molecule has 7 heteroatoms. The standard InChI is InChI=1S/C10H7F3N2O2/c11-10(12,13)8-3-5-6(14)1-4(9(16)17)2-7(5)15-8/h1-3,15H,14H2,(H,16,17). The molecule has 0 aliphatic carbocycles. The minimum Gasteiger partial charge on any atom is -0.478 e. The zero-order valence-electron chi connectivity index (χ0n) is 8.30. The van der Waals surface area contributed by atoms with Crippen molar-refractivity contribution in [3.63, 3.8) is 0 Å². The van der Waals surface area contributed by atoms with Crippen LogP contribution in [0.5, 0.6) is 0 Å². The maximum Gasteiger partial charge on any atom is 0.431 e. The number of nitrogens with two attached hydrogens (primary N) is 1. The minimum absolute atomic E-state index is 0.00773. The maximum absolute atomic E-state index is 12.4. The van der Waals surface area contributed by atoms with Gasteiger partial charge in [0.05, 0.1) is 5.56 Å². The first kappa shape index (κ1) is 11.3. The highest BCUT2D eigenvalue weighted by molar-refractivity contribution is 5.99. The number of halogens is 3. The molecule has 0 aliphatic heterocycles. The van der Waals surface area contributed by atoms with Crippen LogP contribution in [0.15, 0.2) is 18.2 Å². The molecule has 0 saturated heterocycles. The van der Waals surface area contributed by atoms with Gasteiger partial charge in [-0.15, -0.1) is 0 Å². The number of aromatic amines is 1. The number of carboxylic acid groups (broad SMARTS) is 1. The van der Waals surface area contributed by atoms with Gasteiger partial charge in [-0.2, -0.15) is 13.2 Å². The molecule has 1 aromatic carbocycles. The quantitative estimate of drug-likeness (QED) is 0.674. The Morgan fingerprint density at radius 3 is 2.47 bits per heavy atom. The van der Waals surface area contributed by atoms with Gasteiger partial charge < -0.3 is 15.8 Å². The average molecular weight is 244 g/mol. The molecule has 2 aromatic rings. The van der Waals surface area contributed by atoms with Crippen LogP contribution in [0.3, 0.4) is 0 Å². The fraction of sp³-hybridized carbons (Fsp3) is 0.100. The first-order chi connectivity index (χ1) is 7.79. The fourth-order valence-corrected chi connectivity index (χ4v) is 1.54. The third-order valence-corrected chi connectivity index (χ3v) is 2.32. The topological polar surface area (TPSA) is 79.1 Å². The van der Waals surface area contributed by atoms with Gasteiger partial charge in [0.15, 0.2) is 0 Å². The van der Waals surface area contributed by atoms with Crippen LogP contribution in [0.25, 0.3) is 10.9 Å². The summed E-state index contributed by atoms with van der Waals surface area (Å²) in [7, 11) is 0. The number of alkyl halides is 3. The smallest absolute Gasteiger partial charge is 0.431 e. The molecule has 0 amide bonds. The van der Waals surface area contributed by atoms with Crippen molar-refractivity contribution in [2.24, 2.45) is 0 Å². The molecule has 0 unspecified atom stereocenters. The molecule has 0 saturated carbocycles. The minimum atomic E-state index is -4.52. The third kappa shape index (κ3) is 1.91. The zero-order valence-corrected chi connectivity index (χ0v) is 8.30. The number of hydrogen-bond donors (Lipinski definition) is 3. The molecule has 0 fully saturated rings. The van der Waals surface area contributed by atoms with Crippen molar-refractivity contribution in [1.29, 1.82) is 0 Å². The lowest BCUT2D eigenvalue weighted by molar-refractivity contribution is -0.140. The van der Waals surface area contributed by atoms with Crippen LogP contribution in [-0.2, 0) is 6.18 Å². The molecule has 0 atom stereocenters. The van der Waals surface area contributed by atoms with E-state index in [9.17, 15) is 18.0 Å². The highest BCUT2D eigenvalue weighted by Crippen LogP contribution is 2.33. The van der Waals surface area contributed by atoms with Gasteiger partial charge in [0.1, 0.15) is 5.69 Å². The van der Waals surface area contributed by atoms with Crippen molar-refractivity contribution in [2.45, 2.75) is 6.18 Å². The Morgan fingerprint density at radius 1 is 1.29 bits per heavy atom. The Bertz CT molecular complexity index is 601. The Morgan fingerprint density at radius 2 is 1.94 bits per heavy atom. The SMILES string of the molecule is Nc1cc(C(=O)O)cc2[nH]c(C(F)(F)F)cc12. The van der Waals surface area contributed by atoms with Crippen LogP contribution in [0, 0.1) is 0 Å². The number of benzene rings is 1. The molecular weight excluding hydrogens is 237 g/mol. The van der Waals surface area contributed by atoms with Crippen LogP contribution in [-0.4, -0.2) is 16.1 Å². The molecule has 1 aromatic heterocycles. The summed E-state index contributed by atoms with van der Waals surface area (Å²) in [6.45, 7) is 0. The molecule has 0 bridgehead atoms. The molecule has 0 spiro atoms. The summed E-state index contributed by atoms with van der Waals surface area (Å²) in [5.41, 5.74) is 4.43. The molecular formula is C10H7F3N2O2. The number of fused-ring (bicyclic) bond motifs is 1. The van der Waals surface area contributed by atoms with Gasteiger partial charge in [0.2, 0.25) is 0 Å². The van der Waals surface area contributed by atoms with Gasteiger partial charge in [0, 0.05) is 16.6 Å². The molecule has 2 rings (SSSR count). The summed E-state index contributed by atoms with van der Waals surface area (Å²) in [6, 6.07) is 3.10. The predicted molar refractivity (Wildman–Crippen MR) is 54.7 cm³/mol. The predicted octanol–water partition coefficient (Wildman–Crippen LogP) is 2.47. The van der Waals surface area contributed by atoms with Crippen molar-refractivity contribution in [3.05, 3.63) is 29.5 Å². The van der Waals surface area contributed by atoms with Crippen LogP contribution >= 0.6 is 0 Å². The number of carboxylic acids is 1. The highest BCUT2D eigenvalue weighted by atomic mass is 19.4. The van der Waals surface area contributed by atoms with Gasteiger partial charge in [0.25, 0.3) is 0 Å². The number of carbonyl (C=O) groups is 1. The van der Waals surface area contributed by atoms with Crippen molar-refractivity contribution in [1.82, 2.24) is 4.98 Å². The number of anilines is 1.